The molecular formula is C14H24N2O2S2. The van der Waals surface area contributed by atoms with Gasteiger partial charge in [0.1, 0.15) is 9.88 Å². The number of thiazole rings is 1. The van der Waals surface area contributed by atoms with E-state index in [0.717, 1.165) is 41.6 Å². The van der Waals surface area contributed by atoms with Crippen LogP contribution in [0.5, 0.6) is 0 Å². The van der Waals surface area contributed by atoms with Crippen LogP contribution in [0.15, 0.2) is 9.72 Å². The van der Waals surface area contributed by atoms with Crippen LogP contribution in [0, 0.1) is 6.92 Å². The Balaban J connectivity index is 2.39. The second-order valence-electron chi connectivity index (χ2n) is 4.96. The lowest BCUT2D eigenvalue weighted by molar-refractivity contribution is -0.148. The number of carbonyl (C=O) groups excluding carboxylic acids is 1. The van der Waals surface area contributed by atoms with Gasteiger partial charge in [0.25, 0.3) is 0 Å². The molecule has 1 aromatic heterocycles. The van der Waals surface area contributed by atoms with Crippen molar-refractivity contribution in [2.24, 2.45) is 0 Å². The Hall–Kier alpha value is -0.590. The summed E-state index contributed by atoms with van der Waals surface area (Å²) >= 11 is 3.43. The molecule has 1 unspecified atom stereocenters. The van der Waals surface area contributed by atoms with Crippen molar-refractivity contribution in [1.82, 2.24) is 10.3 Å². The van der Waals surface area contributed by atoms with Crippen LogP contribution in [0.3, 0.4) is 0 Å². The number of aryl methyl sites for hydroxylation is 1. The first-order chi connectivity index (χ1) is 9.51. The molecule has 114 valence electrons. The molecule has 0 amide bonds. The van der Waals surface area contributed by atoms with Crippen molar-refractivity contribution in [3.05, 3.63) is 11.1 Å². The Morgan fingerprint density at radius 3 is 2.90 bits per heavy atom. The van der Waals surface area contributed by atoms with Gasteiger partial charge in [-0.15, -0.1) is 11.3 Å². The summed E-state index contributed by atoms with van der Waals surface area (Å²) in [5.74, 6) is 0.786. The lowest BCUT2D eigenvalue weighted by atomic mass is 9.96. The maximum Gasteiger partial charge on any atom is 0.325 e. The lowest BCUT2D eigenvalue weighted by Crippen LogP contribution is -2.50. The van der Waals surface area contributed by atoms with Crippen LogP contribution in [0.25, 0.3) is 0 Å². The molecule has 1 N–H and O–H groups in total. The highest BCUT2D eigenvalue weighted by Gasteiger charge is 2.32. The molecule has 6 heteroatoms. The Morgan fingerprint density at radius 2 is 2.35 bits per heavy atom. The van der Waals surface area contributed by atoms with E-state index in [2.05, 4.69) is 22.6 Å². The van der Waals surface area contributed by atoms with E-state index in [-0.39, 0.29) is 5.97 Å². The highest BCUT2D eigenvalue weighted by molar-refractivity contribution is 8.00. The molecule has 0 radical (unpaired) electrons. The summed E-state index contributed by atoms with van der Waals surface area (Å²) in [5.41, 5.74) is 0.492. The molecule has 0 bridgehead atoms. The highest BCUT2D eigenvalue weighted by Crippen LogP contribution is 2.25. The van der Waals surface area contributed by atoms with E-state index in [1.165, 1.54) is 7.11 Å². The number of hydrogen-bond acceptors (Lipinski definition) is 6. The van der Waals surface area contributed by atoms with E-state index in [9.17, 15) is 4.79 Å². The van der Waals surface area contributed by atoms with Gasteiger partial charge >= 0.3 is 5.97 Å². The van der Waals surface area contributed by atoms with Gasteiger partial charge in [-0.1, -0.05) is 18.7 Å². The number of aromatic nitrogens is 1. The fourth-order valence-electron chi connectivity index (χ4n) is 1.87. The van der Waals surface area contributed by atoms with E-state index in [1.807, 2.05) is 13.8 Å². The van der Waals surface area contributed by atoms with Gasteiger partial charge in [0.05, 0.1) is 7.11 Å². The number of rotatable bonds is 9. The average Bonchev–Trinajstić information content (AvgIpc) is 2.86. The van der Waals surface area contributed by atoms with Crippen LogP contribution in [0.4, 0.5) is 0 Å². The molecule has 1 aromatic rings. The minimum absolute atomic E-state index is 0.180. The van der Waals surface area contributed by atoms with Crippen molar-refractivity contribution in [1.29, 1.82) is 0 Å². The van der Waals surface area contributed by atoms with E-state index in [1.54, 1.807) is 23.1 Å². The largest absolute Gasteiger partial charge is 0.468 e. The van der Waals surface area contributed by atoms with Gasteiger partial charge in [-0.05, 0) is 39.7 Å². The number of carbonyl (C=O) groups is 1. The Labute approximate surface area is 129 Å². The Kier molecular flexibility index (Phi) is 7.55. The second-order valence-corrected chi connectivity index (χ2v) is 7.16. The predicted octanol–water partition coefficient (Wildman–Crippen LogP) is 3.26. The van der Waals surface area contributed by atoms with Crippen molar-refractivity contribution in [2.45, 2.75) is 49.9 Å². The summed E-state index contributed by atoms with van der Waals surface area (Å²) in [6.45, 7) is 6.84. The van der Waals surface area contributed by atoms with E-state index >= 15 is 0 Å². The number of nitrogens with zero attached hydrogens (tertiary/aromatic N) is 1. The summed E-state index contributed by atoms with van der Waals surface area (Å²) in [6.07, 6.45) is 2.72. The Bertz CT molecular complexity index is 423. The van der Waals surface area contributed by atoms with Crippen molar-refractivity contribution < 1.29 is 9.53 Å². The highest BCUT2D eigenvalue weighted by atomic mass is 32.2. The van der Waals surface area contributed by atoms with Crippen molar-refractivity contribution >= 4 is 29.1 Å². The quantitative estimate of drug-likeness (QED) is 0.430. The average molecular weight is 316 g/mol. The molecule has 0 fully saturated rings. The third-order valence-corrected chi connectivity index (χ3v) is 5.27. The number of methoxy groups -OCH3 is 1. The molecule has 1 heterocycles. The molecular weight excluding hydrogens is 292 g/mol. The first-order valence-electron chi connectivity index (χ1n) is 6.90. The molecule has 0 spiro atoms. The van der Waals surface area contributed by atoms with Crippen molar-refractivity contribution in [2.75, 3.05) is 19.4 Å². The zero-order valence-electron chi connectivity index (χ0n) is 12.7. The number of nitrogens with one attached hydrogen (secondary N) is 1. The molecule has 0 aliphatic heterocycles. The summed E-state index contributed by atoms with van der Waals surface area (Å²) in [4.78, 5) is 16.3. The van der Waals surface area contributed by atoms with E-state index in [4.69, 9.17) is 4.74 Å². The zero-order valence-corrected chi connectivity index (χ0v) is 14.3. The lowest BCUT2D eigenvalue weighted by Gasteiger charge is -2.27. The molecule has 0 saturated carbocycles. The SMILES string of the molecule is CCCNC(C)(CCCSc1nc(C)cs1)C(=O)OC. The summed E-state index contributed by atoms with van der Waals surface area (Å²) in [5, 5.41) is 5.36. The van der Waals surface area contributed by atoms with Crippen molar-refractivity contribution in [3.8, 4) is 0 Å². The third kappa shape index (κ3) is 5.42. The fraction of sp³-hybridized carbons (Fsp3) is 0.714. The zero-order chi connectivity index (χ0) is 15.0. The topological polar surface area (TPSA) is 51.2 Å². The molecule has 0 saturated heterocycles. The number of ether oxygens (including phenoxy) is 1. The van der Waals surface area contributed by atoms with Gasteiger partial charge in [-0.25, -0.2) is 4.98 Å². The summed E-state index contributed by atoms with van der Waals surface area (Å²) in [7, 11) is 1.45. The molecule has 0 aromatic carbocycles. The van der Waals surface area contributed by atoms with E-state index in [0.29, 0.717) is 0 Å². The smallest absolute Gasteiger partial charge is 0.325 e. The van der Waals surface area contributed by atoms with Crippen LogP contribution in [-0.4, -0.2) is 35.9 Å². The number of thioether (sulfide) groups is 1. The van der Waals surface area contributed by atoms with Crippen molar-refractivity contribution in [3.63, 3.8) is 0 Å². The Morgan fingerprint density at radius 1 is 1.60 bits per heavy atom. The van der Waals surface area contributed by atoms with Gasteiger partial charge < -0.3 is 10.1 Å². The standard InChI is InChI=1S/C14H24N2O2S2/c1-5-8-15-14(3,12(17)18-4)7-6-9-19-13-16-11(2)10-20-13/h10,15H,5-9H2,1-4H3. The number of hydrogen-bond donors (Lipinski definition) is 1. The molecule has 0 aliphatic rings. The van der Waals surface area contributed by atoms with Gasteiger partial charge in [-0.2, -0.15) is 0 Å². The molecule has 1 rings (SSSR count). The summed E-state index contributed by atoms with van der Waals surface area (Å²) < 4.78 is 6.01. The van der Waals surface area contributed by atoms with Gasteiger partial charge in [0.2, 0.25) is 0 Å². The molecule has 4 nitrogen and oxygen atoms in total. The number of esters is 1. The minimum atomic E-state index is -0.579. The summed E-state index contributed by atoms with van der Waals surface area (Å²) in [6, 6.07) is 0. The van der Waals surface area contributed by atoms with Gasteiger partial charge in [-0.3, -0.25) is 4.79 Å². The van der Waals surface area contributed by atoms with Crippen LogP contribution < -0.4 is 5.32 Å². The molecule has 20 heavy (non-hydrogen) atoms. The maximum atomic E-state index is 11.9. The normalized spacial score (nSPS) is 14.0. The predicted molar refractivity (Wildman–Crippen MR) is 85.5 cm³/mol. The first kappa shape index (κ1) is 17.5. The molecule has 1 atom stereocenters. The van der Waals surface area contributed by atoms with Crippen LogP contribution >= 0.6 is 23.1 Å². The van der Waals surface area contributed by atoms with Crippen LogP contribution in [0.1, 0.15) is 38.8 Å². The monoisotopic (exact) mass is 316 g/mol. The first-order valence-corrected chi connectivity index (χ1v) is 8.76. The van der Waals surface area contributed by atoms with Crippen LogP contribution in [-0.2, 0) is 9.53 Å². The second kappa shape index (κ2) is 8.64. The van der Waals surface area contributed by atoms with Gasteiger partial charge in [0.15, 0.2) is 0 Å². The third-order valence-electron chi connectivity index (χ3n) is 3.05. The fourth-order valence-corrected chi connectivity index (χ4v) is 3.73. The van der Waals surface area contributed by atoms with E-state index < -0.39 is 5.54 Å². The molecule has 0 aliphatic carbocycles. The minimum Gasteiger partial charge on any atom is -0.468 e. The van der Waals surface area contributed by atoms with Crippen LogP contribution in [0.2, 0.25) is 0 Å². The maximum absolute atomic E-state index is 11.9. The van der Waals surface area contributed by atoms with Gasteiger partial charge in [0, 0.05) is 16.8 Å².